The Hall–Kier alpha value is -3.07. The van der Waals surface area contributed by atoms with Gasteiger partial charge in [-0.25, -0.2) is 4.79 Å². The molecule has 0 bridgehead atoms. The molecular weight excluding hydrogens is 492 g/mol. The molecule has 0 spiro atoms. The van der Waals surface area contributed by atoms with Crippen LogP contribution in [-0.2, 0) is 6.42 Å². The molecule has 0 radical (unpaired) electrons. The summed E-state index contributed by atoms with van der Waals surface area (Å²) in [5.41, 5.74) is 9.19. The third kappa shape index (κ3) is 16.8. The molecule has 1 rings (SSSR count). The maximum absolute atomic E-state index is 12.0. The minimum Gasteiger partial charge on any atom is -0.872 e. The fraction of sp³-hybridized carbons (Fsp3) is 0.486. The summed E-state index contributed by atoms with van der Waals surface area (Å²) in [6.07, 6.45) is 25.3. The number of allylic oxidation sites excluding steroid dienone is 12. The van der Waals surface area contributed by atoms with Crippen LogP contribution in [0.15, 0.2) is 88.1 Å². The van der Waals surface area contributed by atoms with Gasteiger partial charge in [-0.2, -0.15) is 0 Å². The zero-order valence-electron chi connectivity index (χ0n) is 26.2. The normalized spacial score (nSPS) is 13.5. The van der Waals surface area contributed by atoms with Crippen molar-refractivity contribution in [3.8, 4) is 5.75 Å². The number of rotatable bonds is 18. The van der Waals surface area contributed by atoms with Crippen LogP contribution in [-0.4, -0.2) is 11.1 Å². The molecule has 1 aromatic carbocycles. The van der Waals surface area contributed by atoms with Gasteiger partial charge in [-0.15, -0.1) is 5.75 Å². The monoisotopic (exact) mass is 545 g/mol. The topological polar surface area (TPSA) is 60.4 Å². The molecule has 3 nitrogen and oxygen atoms in total. The molecule has 3 heteroatoms. The van der Waals surface area contributed by atoms with Crippen LogP contribution >= 0.6 is 0 Å². The smallest absolute Gasteiger partial charge is 0.335 e. The first kappa shape index (κ1) is 35.0. The summed E-state index contributed by atoms with van der Waals surface area (Å²) < 4.78 is 0. The molecule has 40 heavy (non-hydrogen) atoms. The molecule has 0 aromatic heterocycles. The van der Waals surface area contributed by atoms with Crippen LogP contribution in [0.4, 0.5) is 0 Å². The maximum atomic E-state index is 12.0. The lowest BCUT2D eigenvalue weighted by Crippen LogP contribution is -2.01. The first-order chi connectivity index (χ1) is 19.0. The Balaban J connectivity index is 2.33. The second-order valence-corrected chi connectivity index (χ2v) is 11.6. The minimum absolute atomic E-state index is 0.108. The van der Waals surface area contributed by atoms with Crippen LogP contribution in [0.3, 0.4) is 0 Å². The molecule has 0 amide bonds. The van der Waals surface area contributed by atoms with Gasteiger partial charge in [0, 0.05) is 0 Å². The molecule has 1 aromatic rings. The number of carboxylic acids is 1. The molecule has 220 valence electrons. The second kappa shape index (κ2) is 19.9. The lowest BCUT2D eigenvalue weighted by molar-refractivity contribution is -0.269. The molecule has 0 aliphatic heterocycles. The van der Waals surface area contributed by atoms with Crippen molar-refractivity contribution in [1.82, 2.24) is 0 Å². The summed E-state index contributed by atoms with van der Waals surface area (Å²) in [7, 11) is 0. The number of carbonyl (C=O) groups is 1. The maximum Gasteiger partial charge on any atom is 0.335 e. The van der Waals surface area contributed by atoms with E-state index in [1.54, 1.807) is 0 Å². The highest BCUT2D eigenvalue weighted by Gasteiger charge is 2.04. The number of carboxylic acid groups (broad SMARTS) is 1. The Morgan fingerprint density at radius 2 is 1.00 bits per heavy atom. The molecule has 0 heterocycles. The largest absolute Gasteiger partial charge is 0.872 e. The Kier molecular flexibility index (Phi) is 17.4. The minimum atomic E-state index is -1.00. The quantitative estimate of drug-likeness (QED) is 0.187. The van der Waals surface area contributed by atoms with Crippen LogP contribution in [0, 0.1) is 0 Å². The summed E-state index contributed by atoms with van der Waals surface area (Å²) >= 11 is 0. The van der Waals surface area contributed by atoms with Gasteiger partial charge in [0.2, 0.25) is 0 Å². The average molecular weight is 546 g/mol. The van der Waals surface area contributed by atoms with Gasteiger partial charge in [-0.1, -0.05) is 81.5 Å². The molecular formula is C37H53O3-. The van der Waals surface area contributed by atoms with Crippen molar-refractivity contribution < 1.29 is 15.0 Å². The lowest BCUT2D eigenvalue weighted by Gasteiger charge is -2.13. The first-order valence-corrected chi connectivity index (χ1v) is 14.9. The van der Waals surface area contributed by atoms with E-state index in [1.165, 1.54) is 58.1 Å². The Labute approximate surface area is 244 Å². The first-order valence-electron chi connectivity index (χ1n) is 14.9. The number of hydrogen-bond donors (Lipinski definition) is 1. The molecule has 0 atom stereocenters. The Morgan fingerprint density at radius 3 is 1.38 bits per heavy atom. The highest BCUT2D eigenvalue weighted by Crippen LogP contribution is 2.19. The zero-order chi connectivity index (χ0) is 29.9. The molecule has 0 saturated carbocycles. The highest BCUT2D eigenvalue weighted by molar-refractivity contribution is 5.88. The van der Waals surface area contributed by atoms with Crippen LogP contribution in [0.2, 0.25) is 0 Å². The van der Waals surface area contributed by atoms with Gasteiger partial charge < -0.3 is 10.2 Å². The lowest BCUT2D eigenvalue weighted by atomic mass is 10.0. The fourth-order valence-electron chi connectivity index (χ4n) is 4.44. The van der Waals surface area contributed by atoms with E-state index in [-0.39, 0.29) is 11.3 Å². The van der Waals surface area contributed by atoms with Gasteiger partial charge in [0.15, 0.2) is 0 Å². The number of aromatic carboxylic acids is 1. The van der Waals surface area contributed by atoms with Crippen LogP contribution in [0.25, 0.3) is 0 Å². The van der Waals surface area contributed by atoms with Crippen molar-refractivity contribution in [2.75, 3.05) is 0 Å². The standard InChI is InChI=1S/C37H54O3/c1-28(2)13-8-14-29(3)15-9-16-30(4)17-10-18-31(5)19-11-20-32(6)21-12-22-33(7)23-24-34-27-35(37(39)40)25-26-36(34)38/h13,15,17,19,21,23,25-27,38H,8-12,14,16,18,20,22,24H2,1-7H3,(H,39,40)/p-1/b29-15+,30-17+,31-19+,32-21+,33-23+. The fourth-order valence-corrected chi connectivity index (χ4v) is 4.44. The van der Waals surface area contributed by atoms with Gasteiger partial charge in [-0.05, 0) is 131 Å². The molecule has 0 saturated heterocycles. The highest BCUT2D eigenvalue weighted by atomic mass is 16.4. The van der Waals surface area contributed by atoms with Gasteiger partial charge >= 0.3 is 5.97 Å². The van der Waals surface area contributed by atoms with E-state index in [2.05, 4.69) is 78.8 Å². The van der Waals surface area contributed by atoms with Crippen molar-refractivity contribution in [2.24, 2.45) is 0 Å². The number of benzene rings is 1. The van der Waals surface area contributed by atoms with Crippen LogP contribution < -0.4 is 5.11 Å². The molecule has 0 fully saturated rings. The molecule has 1 N–H and O–H groups in total. The summed E-state index contributed by atoms with van der Waals surface area (Å²) in [4.78, 5) is 11.1. The van der Waals surface area contributed by atoms with Gasteiger partial charge in [0.1, 0.15) is 0 Å². The van der Waals surface area contributed by atoms with Crippen molar-refractivity contribution in [1.29, 1.82) is 0 Å². The number of hydrogen-bond acceptors (Lipinski definition) is 2. The van der Waals surface area contributed by atoms with Crippen LogP contribution in [0.5, 0.6) is 5.75 Å². The van der Waals surface area contributed by atoms with Gasteiger partial charge in [-0.3, -0.25) is 0 Å². The molecule has 0 unspecified atom stereocenters. The molecule has 0 aliphatic rings. The van der Waals surface area contributed by atoms with Gasteiger partial charge in [0.25, 0.3) is 0 Å². The van der Waals surface area contributed by atoms with E-state index in [0.717, 1.165) is 57.8 Å². The summed E-state index contributed by atoms with van der Waals surface area (Å²) in [5, 5.41) is 21.1. The van der Waals surface area contributed by atoms with E-state index < -0.39 is 5.97 Å². The van der Waals surface area contributed by atoms with Gasteiger partial charge in [0.05, 0.1) is 5.56 Å². The average Bonchev–Trinajstić information content (AvgIpc) is 2.87. The predicted octanol–water partition coefficient (Wildman–Crippen LogP) is 10.6. The van der Waals surface area contributed by atoms with E-state index in [4.69, 9.17) is 5.11 Å². The van der Waals surface area contributed by atoms with Crippen molar-refractivity contribution in [2.45, 2.75) is 119 Å². The third-order valence-electron chi connectivity index (χ3n) is 7.20. The molecule has 0 aliphatic carbocycles. The SMILES string of the molecule is CC(C)=CCC/C(C)=C/CC/C(C)=C/CC/C(C)=C/CC/C(C)=C/CC/C(C)=C/Cc1cc(C(=O)O)ccc1[O-]. The predicted molar refractivity (Wildman–Crippen MR) is 171 cm³/mol. The van der Waals surface area contributed by atoms with E-state index in [9.17, 15) is 9.90 Å². The van der Waals surface area contributed by atoms with E-state index >= 15 is 0 Å². The second-order valence-electron chi connectivity index (χ2n) is 11.6. The Bertz CT molecular complexity index is 1120. The third-order valence-corrected chi connectivity index (χ3v) is 7.20. The van der Waals surface area contributed by atoms with Crippen molar-refractivity contribution in [3.05, 3.63) is 99.2 Å². The van der Waals surface area contributed by atoms with Crippen molar-refractivity contribution in [3.63, 3.8) is 0 Å². The van der Waals surface area contributed by atoms with E-state index in [1.807, 2.05) is 6.08 Å². The van der Waals surface area contributed by atoms with Crippen LogP contribution in [0.1, 0.15) is 129 Å². The summed E-state index contributed by atoms with van der Waals surface area (Å²) in [6.45, 7) is 15.4. The summed E-state index contributed by atoms with van der Waals surface area (Å²) in [5.74, 6) is -1.11. The Morgan fingerprint density at radius 1 is 0.625 bits per heavy atom. The zero-order valence-corrected chi connectivity index (χ0v) is 26.2. The van der Waals surface area contributed by atoms with E-state index in [0.29, 0.717) is 12.0 Å². The summed E-state index contributed by atoms with van der Waals surface area (Å²) in [6, 6.07) is 4.20. The van der Waals surface area contributed by atoms with Crippen molar-refractivity contribution >= 4 is 5.97 Å².